The molecule has 58 heavy (non-hydrogen) atoms. The first-order valence-electron chi connectivity index (χ1n) is 22.0. The highest BCUT2D eigenvalue weighted by atomic mass is 32.3. The molecule has 1 heterocycles. The standard InChI is InChI=1S/C45H78O12S/c1-3-5-7-9-11-13-15-17-19-20-21-22-24-26-28-30-32-34-41(47)55-39(37-53-35-33-31-29-27-25-23-18-16-14-12-10-8-6-4-2)38-54-45-43(49)44(57-58(50,51)52)42(48)40(36-46)56-45/h5,7,11,13-14,16-17,19,21-22,39-40,42-46,48-49H,3-4,6,8-10,12,15,18,20,23-38H2,1-2H3,(H,50,51,52)/b7-5-,13-11-,16-14-,19-17-,22-21-. The van der Waals surface area contributed by atoms with E-state index in [0.717, 1.165) is 77.0 Å². The number of aliphatic hydroxyl groups is 3. The summed E-state index contributed by atoms with van der Waals surface area (Å²) in [4.78, 5) is 12.8. The smallest absolute Gasteiger partial charge is 0.397 e. The second-order valence-electron chi connectivity index (χ2n) is 14.9. The lowest BCUT2D eigenvalue weighted by atomic mass is 9.99. The lowest BCUT2D eigenvalue weighted by Gasteiger charge is -2.41. The molecular weight excluding hydrogens is 765 g/mol. The van der Waals surface area contributed by atoms with Crippen molar-refractivity contribution >= 4 is 16.4 Å². The van der Waals surface area contributed by atoms with Crippen LogP contribution >= 0.6 is 0 Å². The van der Waals surface area contributed by atoms with Crippen LogP contribution in [0.15, 0.2) is 60.8 Å². The predicted molar refractivity (Wildman–Crippen MR) is 229 cm³/mol. The van der Waals surface area contributed by atoms with Crippen molar-refractivity contribution < 1.29 is 56.2 Å². The summed E-state index contributed by atoms with van der Waals surface area (Å²) in [5.74, 6) is -0.427. The van der Waals surface area contributed by atoms with E-state index >= 15 is 0 Å². The molecule has 1 saturated heterocycles. The molecule has 12 nitrogen and oxygen atoms in total. The first kappa shape index (κ1) is 53.8. The Bertz CT molecular complexity index is 1250. The van der Waals surface area contributed by atoms with Gasteiger partial charge in [0, 0.05) is 13.0 Å². The van der Waals surface area contributed by atoms with Gasteiger partial charge in [-0.2, -0.15) is 8.42 Å². The van der Waals surface area contributed by atoms with E-state index in [9.17, 15) is 28.5 Å². The first-order chi connectivity index (χ1) is 28.1. The molecule has 13 heteroatoms. The summed E-state index contributed by atoms with van der Waals surface area (Å²) in [6, 6.07) is 0. The molecule has 336 valence electrons. The zero-order valence-electron chi connectivity index (χ0n) is 35.6. The predicted octanol–water partition coefficient (Wildman–Crippen LogP) is 8.96. The molecule has 1 aliphatic heterocycles. The number of allylic oxidation sites excluding steroid dienone is 10. The molecule has 0 radical (unpaired) electrons. The summed E-state index contributed by atoms with van der Waals surface area (Å²) in [5, 5.41) is 30.6. The van der Waals surface area contributed by atoms with Gasteiger partial charge in [0.05, 0.1) is 19.8 Å². The second kappa shape index (κ2) is 36.6. The van der Waals surface area contributed by atoms with E-state index in [-0.39, 0.29) is 19.6 Å². The van der Waals surface area contributed by atoms with Crippen molar-refractivity contribution in [1.82, 2.24) is 0 Å². The van der Waals surface area contributed by atoms with Crippen LogP contribution in [-0.4, -0.2) is 97.5 Å². The van der Waals surface area contributed by atoms with Crippen LogP contribution in [0.4, 0.5) is 0 Å². The molecule has 0 amide bonds. The van der Waals surface area contributed by atoms with Crippen LogP contribution in [0.5, 0.6) is 0 Å². The van der Waals surface area contributed by atoms with E-state index in [1.807, 2.05) is 0 Å². The van der Waals surface area contributed by atoms with Gasteiger partial charge in [-0.15, -0.1) is 0 Å². The normalized spacial score (nSPS) is 21.1. The van der Waals surface area contributed by atoms with E-state index in [1.165, 1.54) is 51.4 Å². The fourth-order valence-corrected chi connectivity index (χ4v) is 6.81. The third-order valence-electron chi connectivity index (χ3n) is 9.62. The quantitative estimate of drug-likeness (QED) is 0.0202. The Kier molecular flexibility index (Phi) is 34.0. The summed E-state index contributed by atoms with van der Waals surface area (Å²) < 4.78 is 59.0. The van der Waals surface area contributed by atoms with Gasteiger partial charge in [-0.3, -0.25) is 9.35 Å². The summed E-state index contributed by atoms with van der Waals surface area (Å²) in [6.45, 7) is 3.80. The fraction of sp³-hybridized carbons (Fsp3) is 0.756. The van der Waals surface area contributed by atoms with Crippen molar-refractivity contribution in [2.75, 3.05) is 26.4 Å². The fourth-order valence-electron chi connectivity index (χ4n) is 6.30. The Balaban J connectivity index is 2.48. The van der Waals surface area contributed by atoms with Crippen molar-refractivity contribution in [3.8, 4) is 0 Å². The number of carbonyl (C=O) groups is 1. The highest BCUT2D eigenvalue weighted by molar-refractivity contribution is 7.80. The molecule has 1 fully saturated rings. The minimum Gasteiger partial charge on any atom is -0.457 e. The number of aliphatic hydroxyl groups excluding tert-OH is 3. The molecule has 0 bridgehead atoms. The monoisotopic (exact) mass is 843 g/mol. The largest absolute Gasteiger partial charge is 0.457 e. The first-order valence-corrected chi connectivity index (χ1v) is 23.4. The lowest BCUT2D eigenvalue weighted by Crippen LogP contribution is -2.60. The van der Waals surface area contributed by atoms with Gasteiger partial charge in [0.25, 0.3) is 0 Å². The van der Waals surface area contributed by atoms with Crippen LogP contribution < -0.4 is 0 Å². The summed E-state index contributed by atoms with van der Waals surface area (Å²) in [7, 11) is -5.07. The summed E-state index contributed by atoms with van der Waals surface area (Å²) in [5.41, 5.74) is 0. The number of unbranched alkanes of at least 4 members (excludes halogenated alkanes) is 14. The van der Waals surface area contributed by atoms with E-state index < -0.39 is 59.8 Å². The number of hydrogen-bond donors (Lipinski definition) is 4. The Morgan fingerprint density at radius 2 is 1.19 bits per heavy atom. The Morgan fingerprint density at radius 1 is 0.672 bits per heavy atom. The van der Waals surface area contributed by atoms with Crippen molar-refractivity contribution in [2.24, 2.45) is 0 Å². The molecule has 1 rings (SSSR count). The second-order valence-corrected chi connectivity index (χ2v) is 15.9. The molecular formula is C45H78O12S. The van der Waals surface area contributed by atoms with Crippen molar-refractivity contribution in [1.29, 1.82) is 0 Å². The van der Waals surface area contributed by atoms with Crippen LogP contribution in [0.2, 0.25) is 0 Å². The highest BCUT2D eigenvalue weighted by Crippen LogP contribution is 2.26. The number of ether oxygens (including phenoxy) is 4. The van der Waals surface area contributed by atoms with E-state index in [0.29, 0.717) is 13.0 Å². The maximum absolute atomic E-state index is 12.8. The van der Waals surface area contributed by atoms with Crippen molar-refractivity contribution in [3.63, 3.8) is 0 Å². The Hall–Kier alpha value is -2.20. The molecule has 4 N–H and O–H groups in total. The van der Waals surface area contributed by atoms with Gasteiger partial charge in [0.15, 0.2) is 6.29 Å². The van der Waals surface area contributed by atoms with Gasteiger partial charge in [-0.25, -0.2) is 4.18 Å². The number of rotatable bonds is 37. The van der Waals surface area contributed by atoms with Crippen LogP contribution in [0.25, 0.3) is 0 Å². The number of esters is 1. The summed E-state index contributed by atoms with van der Waals surface area (Å²) in [6.07, 6.45) is 35.4. The van der Waals surface area contributed by atoms with Gasteiger partial charge in [-0.1, -0.05) is 132 Å². The van der Waals surface area contributed by atoms with Gasteiger partial charge < -0.3 is 34.3 Å². The zero-order chi connectivity index (χ0) is 42.5. The highest BCUT2D eigenvalue weighted by Gasteiger charge is 2.48. The lowest BCUT2D eigenvalue weighted by molar-refractivity contribution is -0.301. The minimum absolute atomic E-state index is 0.0191. The molecule has 0 saturated carbocycles. The van der Waals surface area contributed by atoms with E-state index in [2.05, 4.69) is 78.8 Å². The third kappa shape index (κ3) is 29.9. The zero-order valence-corrected chi connectivity index (χ0v) is 36.4. The number of hydrogen-bond acceptors (Lipinski definition) is 11. The van der Waals surface area contributed by atoms with Gasteiger partial charge in [0.2, 0.25) is 0 Å². The molecule has 0 aromatic carbocycles. The Morgan fingerprint density at radius 3 is 1.76 bits per heavy atom. The van der Waals surface area contributed by atoms with Gasteiger partial charge >= 0.3 is 16.4 Å². The van der Waals surface area contributed by atoms with Gasteiger partial charge in [-0.05, 0) is 77.0 Å². The topological polar surface area (TPSA) is 178 Å². The number of carbonyl (C=O) groups excluding carboxylic acids is 1. The molecule has 0 aliphatic carbocycles. The molecule has 0 spiro atoms. The van der Waals surface area contributed by atoms with Gasteiger partial charge in [0.1, 0.15) is 30.5 Å². The van der Waals surface area contributed by atoms with Crippen LogP contribution in [0, 0.1) is 0 Å². The van der Waals surface area contributed by atoms with Crippen LogP contribution in [-0.2, 0) is 38.3 Å². The SMILES string of the molecule is CC/C=C\C/C=C\C/C=C\C/C=C\CCCCCCC(=O)OC(COCCCCCCCC/C=C\CCCCCC)COC1OC(CO)C(O)C(OS(=O)(=O)O)C1O. The van der Waals surface area contributed by atoms with Crippen molar-refractivity contribution in [2.45, 2.75) is 192 Å². The minimum atomic E-state index is -5.07. The van der Waals surface area contributed by atoms with Crippen molar-refractivity contribution in [3.05, 3.63) is 60.8 Å². The average Bonchev–Trinajstić information content (AvgIpc) is 3.19. The average molecular weight is 843 g/mol. The maximum Gasteiger partial charge on any atom is 0.397 e. The molecule has 6 atom stereocenters. The third-order valence-corrected chi connectivity index (χ3v) is 10.1. The Labute approximate surface area is 350 Å². The van der Waals surface area contributed by atoms with E-state index in [4.69, 9.17) is 23.5 Å². The molecule has 6 unspecified atom stereocenters. The molecule has 0 aromatic heterocycles. The maximum atomic E-state index is 12.8. The summed E-state index contributed by atoms with van der Waals surface area (Å²) >= 11 is 0. The van der Waals surface area contributed by atoms with Crippen LogP contribution in [0.3, 0.4) is 0 Å². The van der Waals surface area contributed by atoms with E-state index in [1.54, 1.807) is 0 Å². The van der Waals surface area contributed by atoms with Crippen LogP contribution in [0.1, 0.15) is 155 Å². The molecule has 0 aromatic rings. The molecule has 1 aliphatic rings.